The maximum absolute atomic E-state index is 11.4. The van der Waals surface area contributed by atoms with E-state index < -0.39 is 6.10 Å². The second kappa shape index (κ2) is 6.80. The molecule has 2 unspecified atom stereocenters. The van der Waals surface area contributed by atoms with E-state index >= 15 is 0 Å². The summed E-state index contributed by atoms with van der Waals surface area (Å²) < 4.78 is 15.6. The van der Waals surface area contributed by atoms with Gasteiger partial charge in [0.2, 0.25) is 0 Å². The van der Waals surface area contributed by atoms with Gasteiger partial charge in [0.25, 0.3) is 0 Å². The zero-order valence-electron chi connectivity index (χ0n) is 9.53. The molecule has 1 saturated heterocycles. The van der Waals surface area contributed by atoms with Crippen molar-refractivity contribution in [2.24, 2.45) is 0 Å². The highest BCUT2D eigenvalue weighted by molar-refractivity contribution is 5.74. The van der Waals surface area contributed by atoms with E-state index in [1.54, 1.807) is 6.92 Å². The van der Waals surface area contributed by atoms with E-state index in [1.807, 2.05) is 0 Å². The van der Waals surface area contributed by atoms with Crippen LogP contribution in [0.2, 0.25) is 0 Å². The maximum Gasteiger partial charge on any atom is 0.335 e. The van der Waals surface area contributed by atoms with E-state index in [-0.39, 0.29) is 12.1 Å². The lowest BCUT2D eigenvalue weighted by Crippen LogP contribution is -2.32. The average Bonchev–Trinajstić information content (AvgIpc) is 2.27. The fraction of sp³-hybridized carbons (Fsp3) is 0.909. The number of hydrogen-bond donors (Lipinski definition) is 0. The third kappa shape index (κ3) is 4.18. The summed E-state index contributed by atoms with van der Waals surface area (Å²) >= 11 is 0. The first-order valence-corrected chi connectivity index (χ1v) is 5.59. The van der Waals surface area contributed by atoms with Crippen molar-refractivity contribution in [2.45, 2.75) is 44.8 Å². The highest BCUT2D eigenvalue weighted by Gasteiger charge is 2.25. The van der Waals surface area contributed by atoms with Gasteiger partial charge in [-0.1, -0.05) is 0 Å². The third-order valence-electron chi connectivity index (χ3n) is 2.58. The first kappa shape index (κ1) is 12.5. The Labute approximate surface area is 90.9 Å². The molecule has 0 radical (unpaired) electrons. The van der Waals surface area contributed by atoms with Gasteiger partial charge in [0.05, 0.1) is 12.7 Å². The highest BCUT2D eigenvalue weighted by atomic mass is 16.6. The second-order valence-electron chi connectivity index (χ2n) is 3.70. The minimum Gasteiger partial charge on any atom is -0.464 e. The van der Waals surface area contributed by atoms with E-state index in [9.17, 15) is 4.79 Å². The van der Waals surface area contributed by atoms with Gasteiger partial charge in [-0.2, -0.15) is 0 Å². The van der Waals surface area contributed by atoms with Gasteiger partial charge in [-0.3, -0.25) is 0 Å². The maximum atomic E-state index is 11.4. The lowest BCUT2D eigenvalue weighted by molar-refractivity contribution is -0.157. The number of methoxy groups -OCH3 is 1. The molecule has 1 fully saturated rings. The Balaban J connectivity index is 2.34. The van der Waals surface area contributed by atoms with E-state index in [0.29, 0.717) is 13.0 Å². The second-order valence-corrected chi connectivity index (χ2v) is 3.70. The van der Waals surface area contributed by atoms with E-state index in [4.69, 9.17) is 14.2 Å². The van der Waals surface area contributed by atoms with Crippen LogP contribution in [0.15, 0.2) is 0 Å². The van der Waals surface area contributed by atoms with Crippen molar-refractivity contribution in [2.75, 3.05) is 20.3 Å². The first-order chi connectivity index (χ1) is 7.27. The fourth-order valence-corrected chi connectivity index (χ4v) is 1.76. The Morgan fingerprint density at radius 2 is 2.33 bits per heavy atom. The van der Waals surface area contributed by atoms with Crippen molar-refractivity contribution in [1.82, 2.24) is 0 Å². The van der Waals surface area contributed by atoms with Crippen molar-refractivity contribution in [3.8, 4) is 0 Å². The Hall–Kier alpha value is -0.610. The molecule has 88 valence electrons. The molecule has 4 nitrogen and oxygen atoms in total. The molecule has 2 atom stereocenters. The molecule has 0 bridgehead atoms. The summed E-state index contributed by atoms with van der Waals surface area (Å²) in [6.45, 7) is 2.98. The van der Waals surface area contributed by atoms with Crippen molar-refractivity contribution >= 4 is 5.97 Å². The minimum atomic E-state index is -0.479. The summed E-state index contributed by atoms with van der Waals surface area (Å²) in [5, 5.41) is 0. The molecule has 4 heteroatoms. The predicted octanol–water partition coefficient (Wildman–Crippen LogP) is 1.52. The first-order valence-electron chi connectivity index (χ1n) is 5.59. The molecule has 0 N–H and O–H groups in total. The van der Waals surface area contributed by atoms with Gasteiger partial charge in [0, 0.05) is 20.1 Å². The predicted molar refractivity (Wildman–Crippen MR) is 55.6 cm³/mol. The Morgan fingerprint density at radius 3 is 2.87 bits per heavy atom. The molecule has 0 amide bonds. The van der Waals surface area contributed by atoms with Crippen LogP contribution in [0.1, 0.15) is 32.6 Å². The van der Waals surface area contributed by atoms with Crippen LogP contribution in [0.5, 0.6) is 0 Å². The van der Waals surface area contributed by atoms with E-state index in [0.717, 1.165) is 19.4 Å². The summed E-state index contributed by atoms with van der Waals surface area (Å²) in [4.78, 5) is 11.4. The van der Waals surface area contributed by atoms with Gasteiger partial charge in [-0.05, 0) is 26.2 Å². The topological polar surface area (TPSA) is 44.8 Å². The molecule has 1 heterocycles. The van der Waals surface area contributed by atoms with Crippen LogP contribution in [-0.2, 0) is 19.0 Å². The molecule has 0 saturated carbocycles. The van der Waals surface area contributed by atoms with Gasteiger partial charge >= 0.3 is 5.97 Å². The number of esters is 1. The average molecular weight is 216 g/mol. The third-order valence-corrected chi connectivity index (χ3v) is 2.58. The van der Waals surface area contributed by atoms with Crippen LogP contribution in [0.4, 0.5) is 0 Å². The molecule has 0 aromatic carbocycles. The van der Waals surface area contributed by atoms with Crippen LogP contribution < -0.4 is 0 Å². The zero-order chi connectivity index (χ0) is 11.1. The molecule has 0 aromatic heterocycles. The molecule has 1 aliphatic rings. The van der Waals surface area contributed by atoms with E-state index in [1.165, 1.54) is 13.5 Å². The number of carbonyl (C=O) groups is 1. The monoisotopic (exact) mass is 216 g/mol. The fourth-order valence-electron chi connectivity index (χ4n) is 1.76. The van der Waals surface area contributed by atoms with Gasteiger partial charge in [0.15, 0.2) is 6.10 Å². The summed E-state index contributed by atoms with van der Waals surface area (Å²) in [5.74, 6) is -0.283. The highest BCUT2D eigenvalue weighted by Crippen LogP contribution is 2.18. The van der Waals surface area contributed by atoms with Gasteiger partial charge < -0.3 is 14.2 Å². The molecule has 0 aromatic rings. The van der Waals surface area contributed by atoms with Gasteiger partial charge in [-0.15, -0.1) is 0 Å². The van der Waals surface area contributed by atoms with Crippen molar-refractivity contribution < 1.29 is 19.0 Å². The number of rotatable bonds is 5. The summed E-state index contributed by atoms with van der Waals surface area (Å²) in [7, 11) is 1.53. The Kier molecular flexibility index (Phi) is 5.65. The number of ether oxygens (including phenoxy) is 3. The van der Waals surface area contributed by atoms with Crippen molar-refractivity contribution in [1.29, 1.82) is 0 Å². The molecule has 0 aliphatic carbocycles. The van der Waals surface area contributed by atoms with E-state index in [2.05, 4.69) is 0 Å². The lowest BCUT2D eigenvalue weighted by Gasteiger charge is -2.25. The number of hydrogen-bond acceptors (Lipinski definition) is 4. The van der Waals surface area contributed by atoms with Gasteiger partial charge in [0.1, 0.15) is 0 Å². The molecule has 0 spiro atoms. The van der Waals surface area contributed by atoms with Crippen LogP contribution in [-0.4, -0.2) is 38.5 Å². The molecular weight excluding hydrogens is 196 g/mol. The van der Waals surface area contributed by atoms with Crippen LogP contribution in [0, 0.1) is 0 Å². The number of carbonyl (C=O) groups excluding carboxylic acids is 1. The standard InChI is InChI=1S/C11H20O4/c1-3-14-11(12)10(13-2)8-9-6-4-5-7-15-9/h9-10H,3-8H2,1-2H3. The SMILES string of the molecule is CCOC(=O)C(CC1CCCCO1)OC. The lowest BCUT2D eigenvalue weighted by atomic mass is 10.0. The van der Waals surface area contributed by atoms with Crippen molar-refractivity contribution in [3.63, 3.8) is 0 Å². The van der Waals surface area contributed by atoms with Crippen LogP contribution in [0.3, 0.4) is 0 Å². The minimum absolute atomic E-state index is 0.146. The molecule has 1 rings (SSSR count). The van der Waals surface area contributed by atoms with Crippen LogP contribution >= 0.6 is 0 Å². The Morgan fingerprint density at radius 1 is 1.53 bits per heavy atom. The Bertz CT molecular complexity index is 187. The molecule has 15 heavy (non-hydrogen) atoms. The summed E-state index contributed by atoms with van der Waals surface area (Å²) in [5.41, 5.74) is 0. The molecular formula is C11H20O4. The normalized spacial score (nSPS) is 23.5. The quantitative estimate of drug-likeness (QED) is 0.654. The van der Waals surface area contributed by atoms with Crippen LogP contribution in [0.25, 0.3) is 0 Å². The molecule has 1 aliphatic heterocycles. The smallest absolute Gasteiger partial charge is 0.335 e. The zero-order valence-corrected chi connectivity index (χ0v) is 9.53. The summed E-state index contributed by atoms with van der Waals surface area (Å²) in [6.07, 6.45) is 3.58. The summed E-state index contributed by atoms with van der Waals surface area (Å²) in [6, 6.07) is 0. The largest absolute Gasteiger partial charge is 0.464 e. The van der Waals surface area contributed by atoms with Crippen molar-refractivity contribution in [3.05, 3.63) is 0 Å². The van der Waals surface area contributed by atoms with Gasteiger partial charge in [-0.25, -0.2) is 4.79 Å².